The summed E-state index contributed by atoms with van der Waals surface area (Å²) in [6, 6.07) is 14.3. The number of rotatable bonds is 5. The van der Waals surface area contributed by atoms with Crippen molar-refractivity contribution >= 4 is 12.0 Å². The van der Waals surface area contributed by atoms with E-state index in [1.165, 1.54) is 19.3 Å². The fraction of sp³-hybridized carbons (Fsp3) is 0.118. The van der Waals surface area contributed by atoms with Crippen LogP contribution in [0.1, 0.15) is 11.1 Å². The number of benzene rings is 2. The van der Waals surface area contributed by atoms with Crippen molar-refractivity contribution in [2.75, 3.05) is 7.11 Å². The van der Waals surface area contributed by atoms with Crippen molar-refractivity contribution in [3.05, 3.63) is 65.7 Å². The van der Waals surface area contributed by atoms with E-state index in [9.17, 15) is 9.90 Å². The van der Waals surface area contributed by atoms with Crippen LogP contribution in [0.15, 0.2) is 54.6 Å². The molecule has 2 rings (SSSR count). The zero-order chi connectivity index (χ0) is 15.1. The van der Waals surface area contributed by atoms with Crippen molar-refractivity contribution in [1.82, 2.24) is 0 Å². The number of hydrogen-bond donors (Lipinski definition) is 1. The van der Waals surface area contributed by atoms with Crippen molar-refractivity contribution in [3.63, 3.8) is 0 Å². The molecule has 0 heterocycles. The number of methoxy groups -OCH3 is 1. The Labute approximate surface area is 123 Å². The van der Waals surface area contributed by atoms with Crippen molar-refractivity contribution in [3.8, 4) is 11.5 Å². The number of hydrogen-bond acceptors (Lipinski definition) is 4. The first kappa shape index (κ1) is 14.7. The zero-order valence-electron chi connectivity index (χ0n) is 11.7. The van der Waals surface area contributed by atoms with Crippen LogP contribution in [-0.2, 0) is 16.1 Å². The SMILES string of the molecule is COc1ccc(/C=C/C(=O)OCc2ccccc2)cc1O. The van der Waals surface area contributed by atoms with Crippen LogP contribution < -0.4 is 4.74 Å². The number of phenolic OH excluding ortho intramolecular Hbond substituents is 1. The van der Waals surface area contributed by atoms with Gasteiger partial charge < -0.3 is 14.6 Å². The molecule has 4 heteroatoms. The molecule has 0 fully saturated rings. The van der Waals surface area contributed by atoms with Crippen LogP contribution in [0.2, 0.25) is 0 Å². The molecular weight excluding hydrogens is 268 g/mol. The lowest BCUT2D eigenvalue weighted by atomic mass is 10.2. The highest BCUT2D eigenvalue weighted by Gasteiger charge is 2.02. The van der Waals surface area contributed by atoms with E-state index in [0.717, 1.165) is 5.56 Å². The average molecular weight is 284 g/mol. The molecule has 0 aromatic heterocycles. The van der Waals surface area contributed by atoms with E-state index in [4.69, 9.17) is 9.47 Å². The van der Waals surface area contributed by atoms with E-state index in [1.807, 2.05) is 30.3 Å². The minimum Gasteiger partial charge on any atom is -0.504 e. The standard InChI is InChI=1S/C17H16O4/c1-20-16-9-7-13(11-15(16)18)8-10-17(19)21-12-14-5-3-2-4-6-14/h2-11,18H,12H2,1H3/b10-8+. The van der Waals surface area contributed by atoms with Gasteiger partial charge >= 0.3 is 5.97 Å². The van der Waals surface area contributed by atoms with Crippen molar-refractivity contribution in [2.24, 2.45) is 0 Å². The lowest BCUT2D eigenvalue weighted by Gasteiger charge is -2.03. The molecule has 21 heavy (non-hydrogen) atoms. The second-order valence-corrected chi connectivity index (χ2v) is 4.36. The van der Waals surface area contributed by atoms with Gasteiger partial charge in [0.15, 0.2) is 11.5 Å². The quantitative estimate of drug-likeness (QED) is 0.677. The molecule has 0 bridgehead atoms. The zero-order valence-corrected chi connectivity index (χ0v) is 11.7. The maximum absolute atomic E-state index is 11.6. The van der Waals surface area contributed by atoms with Crippen molar-refractivity contribution < 1.29 is 19.4 Å². The van der Waals surface area contributed by atoms with Gasteiger partial charge in [-0.25, -0.2) is 4.79 Å². The molecule has 0 atom stereocenters. The van der Waals surface area contributed by atoms with E-state index in [2.05, 4.69) is 0 Å². The normalized spacial score (nSPS) is 10.5. The minimum absolute atomic E-state index is 0.0253. The monoisotopic (exact) mass is 284 g/mol. The molecule has 2 aromatic carbocycles. The van der Waals surface area contributed by atoms with Crippen LogP contribution >= 0.6 is 0 Å². The largest absolute Gasteiger partial charge is 0.504 e. The predicted octanol–water partition coefficient (Wildman–Crippen LogP) is 3.16. The molecule has 0 aliphatic rings. The maximum Gasteiger partial charge on any atom is 0.331 e. The van der Waals surface area contributed by atoms with Crippen LogP contribution in [-0.4, -0.2) is 18.2 Å². The molecule has 0 saturated carbocycles. The molecule has 0 radical (unpaired) electrons. The smallest absolute Gasteiger partial charge is 0.331 e. The number of ether oxygens (including phenoxy) is 2. The average Bonchev–Trinajstić information content (AvgIpc) is 2.52. The summed E-state index contributed by atoms with van der Waals surface area (Å²) in [5.74, 6) is -0.0229. The summed E-state index contributed by atoms with van der Waals surface area (Å²) >= 11 is 0. The molecule has 0 aliphatic heterocycles. The van der Waals surface area contributed by atoms with E-state index in [0.29, 0.717) is 11.3 Å². The van der Waals surface area contributed by atoms with Gasteiger partial charge in [-0.05, 0) is 29.3 Å². The van der Waals surface area contributed by atoms with Gasteiger partial charge in [-0.15, -0.1) is 0 Å². The van der Waals surface area contributed by atoms with Crippen LogP contribution in [0.3, 0.4) is 0 Å². The lowest BCUT2D eigenvalue weighted by Crippen LogP contribution is -2.00. The molecule has 4 nitrogen and oxygen atoms in total. The van der Waals surface area contributed by atoms with Gasteiger partial charge in [-0.2, -0.15) is 0 Å². The highest BCUT2D eigenvalue weighted by molar-refractivity contribution is 5.87. The van der Waals surface area contributed by atoms with Crippen LogP contribution in [0.25, 0.3) is 6.08 Å². The molecule has 0 saturated heterocycles. The van der Waals surface area contributed by atoms with Gasteiger partial charge in [0, 0.05) is 6.08 Å². The van der Waals surface area contributed by atoms with E-state index < -0.39 is 5.97 Å². The third-order valence-corrected chi connectivity index (χ3v) is 2.84. The van der Waals surface area contributed by atoms with E-state index >= 15 is 0 Å². The molecule has 0 amide bonds. The Morgan fingerprint density at radius 3 is 2.62 bits per heavy atom. The predicted molar refractivity (Wildman–Crippen MR) is 79.9 cm³/mol. The second-order valence-electron chi connectivity index (χ2n) is 4.36. The van der Waals surface area contributed by atoms with Gasteiger partial charge in [-0.1, -0.05) is 36.4 Å². The molecule has 108 valence electrons. The van der Waals surface area contributed by atoms with E-state index in [-0.39, 0.29) is 12.4 Å². The maximum atomic E-state index is 11.6. The Bertz CT molecular complexity index is 632. The summed E-state index contributed by atoms with van der Waals surface area (Å²) < 4.78 is 10.1. The number of aromatic hydroxyl groups is 1. The Balaban J connectivity index is 1.91. The topological polar surface area (TPSA) is 55.8 Å². The molecule has 0 spiro atoms. The fourth-order valence-electron chi connectivity index (χ4n) is 1.75. The third-order valence-electron chi connectivity index (χ3n) is 2.84. The third kappa shape index (κ3) is 4.38. The molecule has 2 aromatic rings. The van der Waals surface area contributed by atoms with Gasteiger partial charge in [0.05, 0.1) is 7.11 Å². The first-order chi connectivity index (χ1) is 10.2. The summed E-state index contributed by atoms with van der Waals surface area (Å²) in [5, 5.41) is 9.63. The number of carbonyl (C=O) groups is 1. The lowest BCUT2D eigenvalue weighted by molar-refractivity contribution is -0.138. The molecule has 0 aliphatic carbocycles. The molecule has 0 unspecified atom stereocenters. The van der Waals surface area contributed by atoms with Gasteiger partial charge in [0.1, 0.15) is 6.61 Å². The summed E-state index contributed by atoms with van der Waals surface area (Å²) in [6.07, 6.45) is 2.90. The number of phenols is 1. The fourth-order valence-corrected chi connectivity index (χ4v) is 1.75. The van der Waals surface area contributed by atoms with Crippen LogP contribution in [0.5, 0.6) is 11.5 Å². The van der Waals surface area contributed by atoms with Crippen molar-refractivity contribution in [2.45, 2.75) is 6.61 Å². The van der Waals surface area contributed by atoms with Crippen LogP contribution in [0, 0.1) is 0 Å². The molecule has 1 N–H and O–H groups in total. The number of esters is 1. The highest BCUT2D eigenvalue weighted by Crippen LogP contribution is 2.26. The minimum atomic E-state index is -0.436. The van der Waals surface area contributed by atoms with Crippen molar-refractivity contribution in [1.29, 1.82) is 0 Å². The van der Waals surface area contributed by atoms with Gasteiger partial charge in [0.25, 0.3) is 0 Å². The number of carbonyl (C=O) groups excluding carboxylic acids is 1. The molecular formula is C17H16O4. The summed E-state index contributed by atoms with van der Waals surface area (Å²) in [4.78, 5) is 11.6. The summed E-state index contributed by atoms with van der Waals surface area (Å²) in [6.45, 7) is 0.234. The Kier molecular flexibility index (Phi) is 4.99. The Hall–Kier alpha value is -2.75. The summed E-state index contributed by atoms with van der Waals surface area (Å²) in [7, 11) is 1.48. The van der Waals surface area contributed by atoms with Gasteiger partial charge in [-0.3, -0.25) is 0 Å². The van der Waals surface area contributed by atoms with Crippen LogP contribution in [0.4, 0.5) is 0 Å². The summed E-state index contributed by atoms with van der Waals surface area (Å²) in [5.41, 5.74) is 1.62. The van der Waals surface area contributed by atoms with Gasteiger partial charge in [0.2, 0.25) is 0 Å². The highest BCUT2D eigenvalue weighted by atomic mass is 16.5. The van der Waals surface area contributed by atoms with E-state index in [1.54, 1.807) is 18.2 Å². The Morgan fingerprint density at radius 2 is 1.95 bits per heavy atom. The first-order valence-electron chi connectivity index (χ1n) is 6.45. The second kappa shape index (κ2) is 7.14. The first-order valence-corrected chi connectivity index (χ1v) is 6.45. The Morgan fingerprint density at radius 1 is 1.19 bits per heavy atom.